The van der Waals surface area contributed by atoms with Crippen molar-refractivity contribution in [2.75, 3.05) is 39.6 Å². The highest BCUT2D eigenvalue weighted by Gasteiger charge is 2.30. The van der Waals surface area contributed by atoms with Crippen molar-refractivity contribution >= 4 is 39.5 Å². The van der Waals surface area contributed by atoms with Crippen molar-refractivity contribution < 1.29 is 80.2 Å². The number of rotatable bonds is 67. The maximum Gasteiger partial charge on any atom is 0.472 e. The molecule has 6 atom stereocenters. The van der Waals surface area contributed by atoms with Crippen LogP contribution in [0.1, 0.15) is 343 Å². The summed E-state index contributed by atoms with van der Waals surface area (Å²) in [5, 5.41) is 10.5. The lowest BCUT2D eigenvalue weighted by atomic mass is 10.00. The molecule has 3 N–H and O–H groups in total. The third-order valence-electron chi connectivity index (χ3n) is 15.9. The van der Waals surface area contributed by atoms with E-state index in [1.807, 2.05) is 0 Å². The Balaban J connectivity index is 5.12. The zero-order valence-corrected chi connectivity index (χ0v) is 57.2. The minimum absolute atomic E-state index is 0.105. The minimum Gasteiger partial charge on any atom is -0.462 e. The zero-order chi connectivity index (χ0) is 63.5. The summed E-state index contributed by atoms with van der Waals surface area (Å²) < 4.78 is 68.0. The summed E-state index contributed by atoms with van der Waals surface area (Å²) in [6.07, 6.45) is 46.2. The Labute approximate surface area is 524 Å². The topological polar surface area (TPSA) is 237 Å². The van der Waals surface area contributed by atoms with Gasteiger partial charge in [0.25, 0.3) is 0 Å². The zero-order valence-electron chi connectivity index (χ0n) is 55.4. The highest BCUT2D eigenvalue weighted by atomic mass is 31.2. The molecule has 0 aromatic heterocycles. The molecule has 19 heteroatoms. The van der Waals surface area contributed by atoms with Crippen LogP contribution in [0.3, 0.4) is 0 Å². The molecular formula is C67H130O17P2. The van der Waals surface area contributed by atoms with Gasteiger partial charge in [0.1, 0.15) is 19.3 Å². The predicted octanol–water partition coefficient (Wildman–Crippen LogP) is 19.0. The molecule has 0 radical (unpaired) electrons. The second-order valence-electron chi connectivity index (χ2n) is 24.5. The lowest BCUT2D eigenvalue weighted by Crippen LogP contribution is -2.30. The smallest absolute Gasteiger partial charge is 0.462 e. The van der Waals surface area contributed by atoms with Crippen molar-refractivity contribution in [1.29, 1.82) is 0 Å². The SMILES string of the molecule is CCCCCCCCCCCCCCCCCCCCCCC(=O)O[C@H](COC(=O)CCCCCCCCC(C)CC)COP(=O)(O)OC[C@@H](O)COP(=O)(O)OC[C@@H](COC(=O)CCCCCCCCC)OC(=O)CCCCCCCCCCC. The number of carbonyl (C=O) groups is 4. The van der Waals surface area contributed by atoms with Crippen LogP contribution in [0.25, 0.3) is 0 Å². The van der Waals surface area contributed by atoms with Crippen LogP contribution in [-0.4, -0.2) is 96.7 Å². The predicted molar refractivity (Wildman–Crippen MR) is 345 cm³/mol. The number of phosphoric ester groups is 2. The van der Waals surface area contributed by atoms with E-state index < -0.39 is 97.5 Å². The molecule has 0 heterocycles. The van der Waals surface area contributed by atoms with Crippen molar-refractivity contribution in [3.8, 4) is 0 Å². The molecule has 0 aliphatic heterocycles. The highest BCUT2D eigenvalue weighted by molar-refractivity contribution is 7.47. The fourth-order valence-electron chi connectivity index (χ4n) is 10.1. The number of hydrogen-bond acceptors (Lipinski definition) is 15. The van der Waals surface area contributed by atoms with E-state index >= 15 is 0 Å². The molecule has 0 saturated heterocycles. The van der Waals surface area contributed by atoms with Crippen LogP contribution in [0, 0.1) is 5.92 Å². The number of phosphoric acid groups is 2. The van der Waals surface area contributed by atoms with Gasteiger partial charge in [-0.3, -0.25) is 37.3 Å². The fraction of sp³-hybridized carbons (Fsp3) is 0.940. The maximum atomic E-state index is 13.0. The number of hydrogen-bond donors (Lipinski definition) is 3. The van der Waals surface area contributed by atoms with E-state index in [2.05, 4.69) is 34.6 Å². The minimum atomic E-state index is -4.95. The van der Waals surface area contributed by atoms with Gasteiger partial charge >= 0.3 is 39.5 Å². The van der Waals surface area contributed by atoms with Gasteiger partial charge < -0.3 is 33.8 Å². The van der Waals surface area contributed by atoms with Crippen LogP contribution in [0.2, 0.25) is 0 Å². The van der Waals surface area contributed by atoms with E-state index in [-0.39, 0.29) is 25.7 Å². The van der Waals surface area contributed by atoms with Crippen LogP contribution >= 0.6 is 15.6 Å². The van der Waals surface area contributed by atoms with Gasteiger partial charge in [-0.05, 0) is 31.6 Å². The Morgan fingerprint density at radius 2 is 0.558 bits per heavy atom. The highest BCUT2D eigenvalue weighted by Crippen LogP contribution is 2.45. The summed E-state index contributed by atoms with van der Waals surface area (Å²) in [7, 11) is -9.88. The largest absolute Gasteiger partial charge is 0.472 e. The van der Waals surface area contributed by atoms with E-state index in [4.69, 9.17) is 37.0 Å². The van der Waals surface area contributed by atoms with Crippen molar-refractivity contribution in [2.45, 2.75) is 361 Å². The van der Waals surface area contributed by atoms with Gasteiger partial charge in [0.2, 0.25) is 0 Å². The first kappa shape index (κ1) is 84.1. The van der Waals surface area contributed by atoms with Crippen LogP contribution in [0.4, 0.5) is 0 Å². The summed E-state index contributed by atoms with van der Waals surface area (Å²) in [5.74, 6) is -1.40. The number of unbranched alkanes of at least 4 members (excludes halogenated alkanes) is 38. The van der Waals surface area contributed by atoms with Gasteiger partial charge in [-0.2, -0.15) is 0 Å². The number of aliphatic hydroxyl groups is 1. The lowest BCUT2D eigenvalue weighted by molar-refractivity contribution is -0.161. The van der Waals surface area contributed by atoms with E-state index in [1.165, 1.54) is 148 Å². The van der Waals surface area contributed by atoms with Gasteiger partial charge in [-0.1, -0.05) is 291 Å². The summed E-state index contributed by atoms with van der Waals surface area (Å²) in [5.41, 5.74) is 0. The van der Waals surface area contributed by atoms with Crippen LogP contribution in [0.15, 0.2) is 0 Å². The molecule has 0 aromatic carbocycles. The molecule has 0 bridgehead atoms. The van der Waals surface area contributed by atoms with Gasteiger partial charge in [0.15, 0.2) is 12.2 Å². The molecule has 0 saturated carbocycles. The van der Waals surface area contributed by atoms with E-state index in [1.54, 1.807) is 0 Å². The molecule has 86 heavy (non-hydrogen) atoms. The van der Waals surface area contributed by atoms with Gasteiger partial charge in [-0.15, -0.1) is 0 Å². The molecule has 0 spiro atoms. The van der Waals surface area contributed by atoms with Crippen molar-refractivity contribution in [1.82, 2.24) is 0 Å². The number of carbonyl (C=O) groups excluding carboxylic acids is 4. The normalized spacial score (nSPS) is 14.5. The lowest BCUT2D eigenvalue weighted by Gasteiger charge is -2.21. The van der Waals surface area contributed by atoms with Crippen molar-refractivity contribution in [2.24, 2.45) is 5.92 Å². The van der Waals surface area contributed by atoms with Crippen molar-refractivity contribution in [3.63, 3.8) is 0 Å². The standard InChI is InChI=1S/C67H130O17P2/c1-6-10-13-16-19-21-22-23-24-25-26-27-28-29-30-31-33-36-43-48-53-67(72)84-63(57-78-65(70)51-46-41-38-37-39-44-49-60(5)9-4)59-82-86(75,76)80-55-61(68)54-79-85(73,74)81-58-62(56-77-64(69)50-45-40-34-18-15-12-8-3)83-66(71)52-47-42-35-32-20-17-14-11-7-2/h60-63,68H,6-59H2,1-5H3,(H,73,74)(H,75,76)/t60?,61-,62+,63+/m0/s1. The summed E-state index contributed by atoms with van der Waals surface area (Å²) in [4.78, 5) is 72.1. The Hall–Kier alpha value is -1.94. The Kier molecular flexibility index (Phi) is 59.2. The first-order valence-corrected chi connectivity index (χ1v) is 38.2. The molecule has 0 amide bonds. The van der Waals surface area contributed by atoms with Crippen molar-refractivity contribution in [3.05, 3.63) is 0 Å². The second kappa shape index (κ2) is 60.6. The third-order valence-corrected chi connectivity index (χ3v) is 17.8. The molecule has 0 rings (SSSR count). The third kappa shape index (κ3) is 59.7. The number of ether oxygens (including phenoxy) is 4. The van der Waals surface area contributed by atoms with Gasteiger partial charge in [-0.25, -0.2) is 9.13 Å². The first-order valence-electron chi connectivity index (χ1n) is 35.2. The molecular weight excluding hydrogens is 1140 g/mol. The Morgan fingerprint density at radius 3 is 0.826 bits per heavy atom. The summed E-state index contributed by atoms with van der Waals surface area (Å²) in [6, 6.07) is 0. The van der Waals surface area contributed by atoms with E-state index in [0.29, 0.717) is 25.7 Å². The van der Waals surface area contributed by atoms with Crippen LogP contribution < -0.4 is 0 Å². The molecule has 510 valence electrons. The molecule has 0 aromatic rings. The molecule has 0 aliphatic carbocycles. The Bertz CT molecular complexity index is 1670. The molecule has 17 nitrogen and oxygen atoms in total. The monoisotopic (exact) mass is 1270 g/mol. The van der Waals surface area contributed by atoms with Crippen LogP contribution in [-0.2, 0) is 65.4 Å². The van der Waals surface area contributed by atoms with E-state index in [9.17, 15) is 43.2 Å². The quantitative estimate of drug-likeness (QED) is 0.0222. The first-order chi connectivity index (χ1) is 41.6. The second-order valence-corrected chi connectivity index (χ2v) is 27.4. The average molecular weight is 1270 g/mol. The Morgan fingerprint density at radius 1 is 0.326 bits per heavy atom. The molecule has 3 unspecified atom stereocenters. The van der Waals surface area contributed by atoms with Gasteiger partial charge in [0, 0.05) is 25.7 Å². The van der Waals surface area contributed by atoms with E-state index in [0.717, 1.165) is 115 Å². The summed E-state index contributed by atoms with van der Waals surface area (Å²) >= 11 is 0. The molecule has 0 fully saturated rings. The average Bonchev–Trinajstić information content (AvgIpc) is 3.66. The van der Waals surface area contributed by atoms with Crippen LogP contribution in [0.5, 0.6) is 0 Å². The number of esters is 4. The van der Waals surface area contributed by atoms with Gasteiger partial charge in [0.05, 0.1) is 26.4 Å². The molecule has 0 aliphatic rings. The fourth-order valence-corrected chi connectivity index (χ4v) is 11.7. The summed E-state index contributed by atoms with van der Waals surface area (Å²) in [6.45, 7) is 7.12. The number of aliphatic hydroxyl groups excluding tert-OH is 1. The maximum absolute atomic E-state index is 13.0.